The van der Waals surface area contributed by atoms with Crippen molar-refractivity contribution in [3.8, 4) is 0 Å². The van der Waals surface area contributed by atoms with Crippen LogP contribution < -0.4 is 10.6 Å². The summed E-state index contributed by atoms with van der Waals surface area (Å²) in [6.45, 7) is 6.47. The largest absolute Gasteiger partial charge is 0.344 e. The molecule has 0 saturated carbocycles. The van der Waals surface area contributed by atoms with E-state index in [4.69, 9.17) is 0 Å². The van der Waals surface area contributed by atoms with Gasteiger partial charge in [0.25, 0.3) is 5.91 Å². The van der Waals surface area contributed by atoms with Gasteiger partial charge in [-0.2, -0.15) is 0 Å². The van der Waals surface area contributed by atoms with Crippen LogP contribution in [0.15, 0.2) is 41.0 Å². The maximum atomic E-state index is 12.5. The quantitative estimate of drug-likeness (QED) is 0.777. The number of anilines is 1. The molecule has 24 heavy (non-hydrogen) atoms. The first-order chi connectivity index (χ1) is 11.4. The molecule has 1 unspecified atom stereocenters. The number of nitrogens with zero attached hydrogens (tertiary/aromatic N) is 1. The van der Waals surface area contributed by atoms with Crippen molar-refractivity contribution in [1.29, 1.82) is 0 Å². The van der Waals surface area contributed by atoms with E-state index in [0.29, 0.717) is 12.1 Å². The first-order valence-electron chi connectivity index (χ1n) is 8.01. The molecule has 2 amide bonds. The fourth-order valence-corrected chi connectivity index (χ4v) is 2.85. The molecule has 0 bridgehead atoms. The Kier molecular flexibility index (Phi) is 6.20. The van der Waals surface area contributed by atoms with Gasteiger partial charge in [0.15, 0.2) is 0 Å². The summed E-state index contributed by atoms with van der Waals surface area (Å²) in [4.78, 5) is 23.9. The van der Waals surface area contributed by atoms with Crippen LogP contribution in [0.25, 0.3) is 0 Å². The number of carbonyl (C=O) groups excluding carboxylic acids is 2. The second kappa shape index (κ2) is 8.15. The smallest absolute Gasteiger partial charge is 0.268 e. The highest BCUT2D eigenvalue weighted by Crippen LogP contribution is 2.19. The minimum absolute atomic E-state index is 0.0185. The van der Waals surface area contributed by atoms with E-state index >= 15 is 0 Å². The van der Waals surface area contributed by atoms with Crippen LogP contribution >= 0.6 is 15.9 Å². The zero-order chi connectivity index (χ0) is 17.7. The number of aromatic nitrogens is 1. The number of nitrogens with one attached hydrogen (secondary N) is 2. The Morgan fingerprint density at radius 1 is 1.21 bits per heavy atom. The van der Waals surface area contributed by atoms with Crippen molar-refractivity contribution in [3.05, 3.63) is 52.3 Å². The molecule has 128 valence electrons. The number of benzene rings is 1. The number of carbonyl (C=O) groups is 2. The van der Waals surface area contributed by atoms with Gasteiger partial charge in [0.2, 0.25) is 5.91 Å². The van der Waals surface area contributed by atoms with Gasteiger partial charge in [0.1, 0.15) is 5.69 Å². The summed E-state index contributed by atoms with van der Waals surface area (Å²) in [7, 11) is 0. The van der Waals surface area contributed by atoms with Crippen LogP contribution in [0.1, 0.15) is 49.3 Å². The second-order valence-corrected chi connectivity index (χ2v) is 6.46. The Balaban J connectivity index is 2.04. The van der Waals surface area contributed by atoms with Crippen LogP contribution in [0.3, 0.4) is 0 Å². The predicted molar refractivity (Wildman–Crippen MR) is 99.0 cm³/mol. The number of aryl methyl sites for hydroxylation is 1. The van der Waals surface area contributed by atoms with E-state index < -0.39 is 0 Å². The first kappa shape index (κ1) is 18.3. The lowest BCUT2D eigenvalue weighted by atomic mass is 10.1. The molecule has 1 aromatic carbocycles. The molecular weight excluding hydrogens is 370 g/mol. The van der Waals surface area contributed by atoms with Gasteiger partial charge in [-0.3, -0.25) is 9.59 Å². The lowest BCUT2D eigenvalue weighted by molar-refractivity contribution is -0.115. The van der Waals surface area contributed by atoms with Crippen molar-refractivity contribution in [3.63, 3.8) is 0 Å². The minimum Gasteiger partial charge on any atom is -0.344 e. The Morgan fingerprint density at radius 2 is 1.88 bits per heavy atom. The van der Waals surface area contributed by atoms with Crippen LogP contribution in [0.2, 0.25) is 0 Å². The van der Waals surface area contributed by atoms with E-state index in [9.17, 15) is 9.59 Å². The third kappa shape index (κ3) is 4.47. The van der Waals surface area contributed by atoms with E-state index in [1.807, 2.05) is 61.9 Å². The number of amides is 2. The molecule has 6 heteroatoms. The normalized spacial score (nSPS) is 11.8. The molecule has 5 nitrogen and oxygen atoms in total. The molecule has 0 fully saturated rings. The highest BCUT2D eigenvalue weighted by Gasteiger charge is 2.15. The zero-order valence-corrected chi connectivity index (χ0v) is 15.7. The fraction of sp³-hybridized carbons (Fsp3) is 0.333. The zero-order valence-electron chi connectivity index (χ0n) is 14.1. The first-order valence-corrected chi connectivity index (χ1v) is 8.80. The standard InChI is InChI=1S/C18H22BrN3O2/c1-4-17(23)21-15-8-6-13(7-9-15)12(3)20-18(24)16-10-14(19)11-22(16)5-2/h6-12H,4-5H2,1-3H3,(H,20,24)(H,21,23). The van der Waals surface area contributed by atoms with Crippen molar-refractivity contribution >= 4 is 33.4 Å². The summed E-state index contributed by atoms with van der Waals surface area (Å²) >= 11 is 3.40. The van der Waals surface area contributed by atoms with Crippen molar-refractivity contribution in [2.75, 3.05) is 5.32 Å². The molecule has 0 aliphatic rings. The van der Waals surface area contributed by atoms with Crippen molar-refractivity contribution in [2.24, 2.45) is 0 Å². The van der Waals surface area contributed by atoms with Crippen LogP contribution in [0.5, 0.6) is 0 Å². The maximum absolute atomic E-state index is 12.5. The lowest BCUT2D eigenvalue weighted by Gasteiger charge is -2.16. The topological polar surface area (TPSA) is 63.1 Å². The van der Waals surface area contributed by atoms with E-state index in [1.54, 1.807) is 0 Å². The van der Waals surface area contributed by atoms with Crippen LogP contribution in [-0.4, -0.2) is 16.4 Å². The monoisotopic (exact) mass is 391 g/mol. The second-order valence-electron chi connectivity index (χ2n) is 5.55. The van der Waals surface area contributed by atoms with E-state index in [-0.39, 0.29) is 17.9 Å². The van der Waals surface area contributed by atoms with Gasteiger partial charge in [-0.05, 0) is 53.5 Å². The van der Waals surface area contributed by atoms with Crippen LogP contribution in [0, 0.1) is 0 Å². The molecule has 2 N–H and O–H groups in total. The number of hydrogen-bond acceptors (Lipinski definition) is 2. The molecule has 2 rings (SSSR count). The third-order valence-corrected chi connectivity index (χ3v) is 4.23. The van der Waals surface area contributed by atoms with Gasteiger partial charge in [-0.15, -0.1) is 0 Å². The third-order valence-electron chi connectivity index (χ3n) is 3.80. The number of rotatable bonds is 6. The summed E-state index contributed by atoms with van der Waals surface area (Å²) in [5.74, 6) is -0.131. The molecule has 0 aliphatic carbocycles. The van der Waals surface area contributed by atoms with Crippen LogP contribution in [-0.2, 0) is 11.3 Å². The predicted octanol–water partition coefficient (Wildman–Crippen LogP) is 4.11. The Morgan fingerprint density at radius 3 is 2.46 bits per heavy atom. The summed E-state index contributed by atoms with van der Waals surface area (Å²) in [6, 6.07) is 9.19. The SMILES string of the molecule is CCC(=O)Nc1ccc(C(C)NC(=O)c2cc(Br)cn2CC)cc1. The average Bonchev–Trinajstić information content (AvgIpc) is 2.96. The van der Waals surface area contributed by atoms with Gasteiger partial charge < -0.3 is 15.2 Å². The number of hydrogen-bond donors (Lipinski definition) is 2. The van der Waals surface area contributed by atoms with Gasteiger partial charge >= 0.3 is 0 Å². The minimum atomic E-state index is -0.132. The fourth-order valence-electron chi connectivity index (χ4n) is 2.39. The molecular formula is C18H22BrN3O2. The average molecular weight is 392 g/mol. The Labute approximate surface area is 150 Å². The highest BCUT2D eigenvalue weighted by atomic mass is 79.9. The van der Waals surface area contributed by atoms with Crippen LogP contribution in [0.4, 0.5) is 5.69 Å². The maximum Gasteiger partial charge on any atom is 0.268 e. The Bertz CT molecular complexity index is 722. The molecule has 2 aromatic rings. The molecule has 1 heterocycles. The van der Waals surface area contributed by atoms with E-state index in [2.05, 4.69) is 26.6 Å². The molecule has 0 radical (unpaired) electrons. The lowest BCUT2D eigenvalue weighted by Crippen LogP contribution is -2.28. The highest BCUT2D eigenvalue weighted by molar-refractivity contribution is 9.10. The van der Waals surface area contributed by atoms with Crippen molar-refractivity contribution in [1.82, 2.24) is 9.88 Å². The van der Waals surface area contributed by atoms with Gasteiger partial charge in [0, 0.05) is 29.3 Å². The summed E-state index contributed by atoms with van der Waals surface area (Å²) < 4.78 is 2.79. The van der Waals surface area contributed by atoms with Crippen molar-refractivity contribution < 1.29 is 9.59 Å². The van der Waals surface area contributed by atoms with E-state index in [1.165, 1.54) is 0 Å². The molecule has 0 spiro atoms. The summed E-state index contributed by atoms with van der Waals surface area (Å²) in [5.41, 5.74) is 2.36. The van der Waals surface area contributed by atoms with Gasteiger partial charge in [-0.25, -0.2) is 0 Å². The number of halogens is 1. The molecule has 1 aromatic heterocycles. The van der Waals surface area contributed by atoms with Gasteiger partial charge in [0.05, 0.1) is 6.04 Å². The van der Waals surface area contributed by atoms with Gasteiger partial charge in [-0.1, -0.05) is 19.1 Å². The van der Waals surface area contributed by atoms with Crippen molar-refractivity contribution in [2.45, 2.75) is 39.8 Å². The summed E-state index contributed by atoms with van der Waals surface area (Å²) in [6.07, 6.45) is 2.34. The molecule has 0 saturated heterocycles. The molecule has 0 aliphatic heterocycles. The Hall–Kier alpha value is -2.08. The molecule has 1 atom stereocenters. The summed E-state index contributed by atoms with van der Waals surface area (Å²) in [5, 5.41) is 5.81. The van der Waals surface area contributed by atoms with E-state index in [0.717, 1.165) is 22.3 Å².